The summed E-state index contributed by atoms with van der Waals surface area (Å²) < 4.78 is 11.3. The standard InChI is InChI=1S/C23H31N3O4/c27-22(25-23(28)24-11-10-17-5-2-1-3-6-17)16-26-12-4-7-19(26)18-8-9-20-21(15-18)30-14-13-29-20/h5,8-9,15,19H,1-4,6-7,10-14,16H2,(H2,24,25,27,28)/p+1/t19-/m1/s1. The number of amides is 3. The third-order valence-corrected chi connectivity index (χ3v) is 6.21. The van der Waals surface area contributed by atoms with E-state index in [2.05, 4.69) is 22.8 Å². The maximum absolute atomic E-state index is 12.4. The number of benzene rings is 1. The van der Waals surface area contributed by atoms with Gasteiger partial charge in [0.25, 0.3) is 5.91 Å². The molecule has 1 unspecified atom stereocenters. The van der Waals surface area contributed by atoms with Crippen molar-refractivity contribution in [2.75, 3.05) is 32.8 Å². The lowest BCUT2D eigenvalue weighted by molar-refractivity contribution is -0.910. The maximum Gasteiger partial charge on any atom is 0.321 e. The zero-order valence-electron chi connectivity index (χ0n) is 17.5. The Morgan fingerprint density at radius 2 is 1.97 bits per heavy atom. The highest BCUT2D eigenvalue weighted by molar-refractivity contribution is 5.94. The maximum atomic E-state index is 12.4. The molecule has 0 radical (unpaired) electrons. The van der Waals surface area contributed by atoms with Crippen molar-refractivity contribution in [3.05, 3.63) is 35.4 Å². The molecular weight excluding hydrogens is 382 g/mol. The first-order valence-corrected chi connectivity index (χ1v) is 11.2. The number of carbonyl (C=O) groups excluding carboxylic acids is 2. The second-order valence-corrected chi connectivity index (χ2v) is 8.35. The molecule has 0 spiro atoms. The van der Waals surface area contributed by atoms with E-state index in [0.717, 1.165) is 55.7 Å². The summed E-state index contributed by atoms with van der Waals surface area (Å²) >= 11 is 0. The first-order chi connectivity index (χ1) is 14.7. The van der Waals surface area contributed by atoms with Crippen LogP contribution in [-0.2, 0) is 4.79 Å². The van der Waals surface area contributed by atoms with E-state index >= 15 is 0 Å². The Morgan fingerprint density at radius 1 is 1.10 bits per heavy atom. The molecule has 2 atom stereocenters. The minimum Gasteiger partial charge on any atom is -0.486 e. The van der Waals surface area contributed by atoms with Crippen molar-refractivity contribution >= 4 is 11.9 Å². The molecule has 2 aliphatic heterocycles. The van der Waals surface area contributed by atoms with Crippen LogP contribution in [0.5, 0.6) is 11.5 Å². The summed E-state index contributed by atoms with van der Waals surface area (Å²) in [6, 6.07) is 5.89. The summed E-state index contributed by atoms with van der Waals surface area (Å²) in [5.41, 5.74) is 2.57. The van der Waals surface area contributed by atoms with Gasteiger partial charge < -0.3 is 19.7 Å². The van der Waals surface area contributed by atoms with Gasteiger partial charge in [-0.25, -0.2) is 4.79 Å². The third kappa shape index (κ3) is 5.33. The number of ether oxygens (including phenoxy) is 2. The minimum atomic E-state index is -0.397. The molecule has 1 fully saturated rings. The topological polar surface area (TPSA) is 81.1 Å². The number of quaternary nitrogens is 1. The fourth-order valence-electron chi connectivity index (χ4n) is 4.69. The Labute approximate surface area is 177 Å². The van der Waals surface area contributed by atoms with Crippen LogP contribution in [0.25, 0.3) is 0 Å². The Morgan fingerprint density at radius 3 is 2.80 bits per heavy atom. The number of nitrogens with one attached hydrogen (secondary N) is 3. The number of urea groups is 1. The molecule has 30 heavy (non-hydrogen) atoms. The highest BCUT2D eigenvalue weighted by Crippen LogP contribution is 2.33. The molecule has 7 heteroatoms. The Bertz CT molecular complexity index is 808. The van der Waals surface area contributed by atoms with Crippen molar-refractivity contribution in [2.24, 2.45) is 0 Å². The summed E-state index contributed by atoms with van der Waals surface area (Å²) in [4.78, 5) is 25.7. The number of imide groups is 1. The van der Waals surface area contributed by atoms with E-state index in [1.165, 1.54) is 23.3 Å². The van der Waals surface area contributed by atoms with Gasteiger partial charge in [0.15, 0.2) is 18.0 Å². The van der Waals surface area contributed by atoms with Crippen molar-refractivity contribution in [3.63, 3.8) is 0 Å². The highest BCUT2D eigenvalue weighted by atomic mass is 16.6. The first-order valence-electron chi connectivity index (χ1n) is 11.2. The van der Waals surface area contributed by atoms with Gasteiger partial charge in [0, 0.05) is 24.9 Å². The van der Waals surface area contributed by atoms with Crippen LogP contribution in [0.2, 0.25) is 0 Å². The van der Waals surface area contributed by atoms with E-state index in [0.29, 0.717) is 19.8 Å². The second kappa shape index (κ2) is 9.98. The average Bonchev–Trinajstić information content (AvgIpc) is 3.22. The Balaban J connectivity index is 1.25. The van der Waals surface area contributed by atoms with Crippen molar-refractivity contribution < 1.29 is 24.0 Å². The number of hydrogen-bond donors (Lipinski definition) is 3. The molecule has 0 saturated carbocycles. The van der Waals surface area contributed by atoms with Gasteiger partial charge in [0.1, 0.15) is 19.3 Å². The zero-order valence-corrected chi connectivity index (χ0v) is 17.5. The molecule has 162 valence electrons. The lowest BCUT2D eigenvalue weighted by Gasteiger charge is -2.24. The van der Waals surface area contributed by atoms with Crippen LogP contribution in [-0.4, -0.2) is 44.8 Å². The fourth-order valence-corrected chi connectivity index (χ4v) is 4.69. The molecule has 1 saturated heterocycles. The average molecular weight is 415 g/mol. The molecule has 2 heterocycles. The van der Waals surface area contributed by atoms with Crippen molar-refractivity contribution in [1.29, 1.82) is 0 Å². The number of hydrogen-bond acceptors (Lipinski definition) is 4. The third-order valence-electron chi connectivity index (χ3n) is 6.21. The predicted octanol–water partition coefficient (Wildman–Crippen LogP) is 1.89. The van der Waals surface area contributed by atoms with Crippen LogP contribution in [0, 0.1) is 0 Å². The van der Waals surface area contributed by atoms with Crippen LogP contribution in [0.3, 0.4) is 0 Å². The summed E-state index contributed by atoms with van der Waals surface area (Å²) in [6.07, 6.45) is 9.99. The minimum absolute atomic E-state index is 0.230. The van der Waals surface area contributed by atoms with Gasteiger partial charge in [0.05, 0.1) is 6.54 Å². The molecule has 1 aliphatic carbocycles. The molecule has 3 aliphatic rings. The van der Waals surface area contributed by atoms with Crippen LogP contribution in [0.15, 0.2) is 29.8 Å². The lowest BCUT2D eigenvalue weighted by atomic mass is 9.97. The molecule has 3 amide bonds. The SMILES string of the molecule is O=C(C[NH+]1CCC[C@@H]1c1ccc2c(c1)OCCO2)NC(=O)NCCC1=CCCCC1. The van der Waals surface area contributed by atoms with Crippen LogP contribution >= 0.6 is 0 Å². The van der Waals surface area contributed by atoms with Gasteiger partial charge in [-0.2, -0.15) is 0 Å². The summed E-state index contributed by atoms with van der Waals surface area (Å²) in [7, 11) is 0. The Kier molecular flexibility index (Phi) is 6.89. The molecule has 3 N–H and O–H groups in total. The zero-order chi connectivity index (χ0) is 20.8. The fraction of sp³-hybridized carbons (Fsp3) is 0.565. The van der Waals surface area contributed by atoms with E-state index in [9.17, 15) is 9.59 Å². The predicted molar refractivity (Wildman–Crippen MR) is 113 cm³/mol. The summed E-state index contributed by atoms with van der Waals surface area (Å²) in [5.74, 6) is 1.33. The quantitative estimate of drug-likeness (QED) is 0.621. The smallest absolute Gasteiger partial charge is 0.321 e. The van der Waals surface area contributed by atoms with E-state index in [1.54, 1.807) is 0 Å². The van der Waals surface area contributed by atoms with E-state index in [-0.39, 0.29) is 18.5 Å². The number of fused-ring (bicyclic) bond motifs is 1. The number of likely N-dealkylation sites (tertiary alicyclic amines) is 1. The van der Waals surface area contributed by atoms with Gasteiger partial charge >= 0.3 is 6.03 Å². The number of allylic oxidation sites excluding steroid dienone is 1. The Hall–Kier alpha value is -2.54. The van der Waals surface area contributed by atoms with Gasteiger partial charge in [-0.05, 0) is 50.3 Å². The van der Waals surface area contributed by atoms with Gasteiger partial charge in [-0.15, -0.1) is 0 Å². The van der Waals surface area contributed by atoms with Gasteiger partial charge in [-0.1, -0.05) is 11.6 Å². The molecule has 0 aromatic heterocycles. The highest BCUT2D eigenvalue weighted by Gasteiger charge is 2.32. The molecule has 1 aromatic rings. The first kappa shape index (κ1) is 20.7. The normalized spacial score (nSPS) is 22.9. The number of carbonyl (C=O) groups is 2. The molecule has 1 aromatic carbocycles. The van der Waals surface area contributed by atoms with Gasteiger partial charge in [0.2, 0.25) is 0 Å². The molecule has 4 rings (SSSR count). The summed E-state index contributed by atoms with van der Waals surface area (Å²) in [5, 5.41) is 5.30. The molecular formula is C23H32N3O4+. The lowest BCUT2D eigenvalue weighted by Crippen LogP contribution is -3.11. The number of rotatable bonds is 6. The van der Waals surface area contributed by atoms with Crippen LogP contribution in [0.4, 0.5) is 4.79 Å². The largest absolute Gasteiger partial charge is 0.486 e. The van der Waals surface area contributed by atoms with E-state index in [1.807, 2.05) is 12.1 Å². The van der Waals surface area contributed by atoms with Crippen molar-refractivity contribution in [3.8, 4) is 11.5 Å². The monoisotopic (exact) mass is 414 g/mol. The van der Waals surface area contributed by atoms with Crippen LogP contribution < -0.4 is 25.0 Å². The second-order valence-electron chi connectivity index (χ2n) is 8.35. The van der Waals surface area contributed by atoms with Crippen molar-refractivity contribution in [1.82, 2.24) is 10.6 Å². The molecule has 7 nitrogen and oxygen atoms in total. The summed E-state index contributed by atoms with van der Waals surface area (Å²) in [6.45, 7) is 2.92. The van der Waals surface area contributed by atoms with E-state index < -0.39 is 6.03 Å². The molecule has 0 bridgehead atoms. The van der Waals surface area contributed by atoms with Gasteiger partial charge in [-0.3, -0.25) is 10.1 Å². The van der Waals surface area contributed by atoms with Crippen molar-refractivity contribution in [2.45, 2.75) is 51.0 Å². The van der Waals surface area contributed by atoms with E-state index in [4.69, 9.17) is 9.47 Å². The van der Waals surface area contributed by atoms with Crippen LogP contribution in [0.1, 0.15) is 56.6 Å².